The number of benzene rings is 6. The summed E-state index contributed by atoms with van der Waals surface area (Å²) in [6.07, 6.45) is 4.19. The van der Waals surface area contributed by atoms with E-state index in [1.165, 1.54) is 66.6 Å². The Morgan fingerprint density at radius 3 is 1.71 bits per heavy atom. The fourth-order valence-electron chi connectivity index (χ4n) is 13.3. The summed E-state index contributed by atoms with van der Waals surface area (Å²) in [4.78, 5) is 5.15. The van der Waals surface area contributed by atoms with Crippen LogP contribution < -0.4 is 26.4 Å². The first-order valence-corrected chi connectivity index (χ1v) is 26.2. The predicted molar refractivity (Wildman–Crippen MR) is 296 cm³/mol. The molecule has 12 rings (SSSR count). The van der Waals surface area contributed by atoms with E-state index in [1.54, 1.807) is 6.07 Å². The van der Waals surface area contributed by atoms with Gasteiger partial charge in [-0.1, -0.05) is 135 Å². The van der Waals surface area contributed by atoms with E-state index in [2.05, 4.69) is 206 Å². The van der Waals surface area contributed by atoms with Crippen molar-refractivity contribution in [3.8, 4) is 11.1 Å². The van der Waals surface area contributed by atoms with Gasteiger partial charge >= 0.3 is 0 Å². The maximum Gasteiger partial charge on any atom is 0.297 e. The van der Waals surface area contributed by atoms with Crippen LogP contribution in [0.25, 0.3) is 22.1 Å². The molecular formula is C65H72BFN2O. The summed E-state index contributed by atoms with van der Waals surface area (Å²) >= 11 is 0. The van der Waals surface area contributed by atoms with Crippen LogP contribution in [0.1, 0.15) is 181 Å². The molecule has 2 aliphatic carbocycles. The summed E-state index contributed by atoms with van der Waals surface area (Å²) in [5.74, 6) is -0.186. The molecule has 7 aromatic rings. The van der Waals surface area contributed by atoms with Gasteiger partial charge in [0.15, 0.2) is 0 Å². The van der Waals surface area contributed by atoms with Crippen LogP contribution in [0.15, 0.2) is 101 Å². The lowest BCUT2D eigenvalue weighted by Gasteiger charge is -2.48. The topological polar surface area (TPSA) is 19.6 Å². The summed E-state index contributed by atoms with van der Waals surface area (Å²) in [6.45, 7) is 37.5. The van der Waals surface area contributed by atoms with E-state index in [9.17, 15) is 0 Å². The molecule has 0 saturated carbocycles. The minimum absolute atomic E-state index is 0.000245. The second kappa shape index (κ2) is 14.1. The van der Waals surface area contributed by atoms with Gasteiger partial charge in [0.05, 0.1) is 17.0 Å². The quantitative estimate of drug-likeness (QED) is 0.153. The van der Waals surface area contributed by atoms with E-state index in [0.29, 0.717) is 0 Å². The Hall–Kier alpha value is -5.55. The molecule has 6 aromatic carbocycles. The van der Waals surface area contributed by atoms with Crippen molar-refractivity contribution >= 4 is 68.4 Å². The van der Waals surface area contributed by atoms with E-state index < -0.39 is 5.41 Å². The molecule has 0 N–H and O–H groups in total. The third kappa shape index (κ3) is 6.43. The first-order chi connectivity index (χ1) is 32.6. The van der Waals surface area contributed by atoms with Gasteiger partial charge in [0.2, 0.25) is 0 Å². The minimum Gasteiger partial charge on any atom is -0.468 e. The fraction of sp³-hybridized carbons (Fsp3) is 0.415. The third-order valence-corrected chi connectivity index (χ3v) is 18.2. The molecule has 1 atom stereocenters. The van der Waals surface area contributed by atoms with Gasteiger partial charge in [-0.15, -0.1) is 0 Å². The van der Waals surface area contributed by atoms with E-state index >= 15 is 4.39 Å². The van der Waals surface area contributed by atoms with Crippen LogP contribution >= 0.6 is 0 Å². The zero-order valence-corrected chi connectivity index (χ0v) is 44.8. The minimum atomic E-state index is -0.411. The maximum absolute atomic E-state index is 16.6. The van der Waals surface area contributed by atoms with Crippen molar-refractivity contribution in [1.29, 1.82) is 0 Å². The van der Waals surface area contributed by atoms with Gasteiger partial charge in [-0.2, -0.15) is 0 Å². The molecule has 0 radical (unpaired) electrons. The lowest BCUT2D eigenvalue weighted by molar-refractivity contribution is 0.332. The van der Waals surface area contributed by atoms with Crippen LogP contribution in [0.2, 0.25) is 0 Å². The van der Waals surface area contributed by atoms with Crippen molar-refractivity contribution in [2.45, 2.75) is 174 Å². The van der Waals surface area contributed by atoms with Gasteiger partial charge in [-0.05, 0) is 192 Å². The van der Waals surface area contributed by atoms with Crippen LogP contribution in [0.3, 0.4) is 0 Å². The molecule has 4 heterocycles. The summed E-state index contributed by atoms with van der Waals surface area (Å²) in [7, 11) is 0. The van der Waals surface area contributed by atoms with Gasteiger partial charge in [0.25, 0.3) is 6.71 Å². The smallest absolute Gasteiger partial charge is 0.297 e. The molecule has 1 unspecified atom stereocenters. The maximum atomic E-state index is 16.6. The van der Waals surface area contributed by atoms with E-state index in [4.69, 9.17) is 4.42 Å². The predicted octanol–water partition coefficient (Wildman–Crippen LogP) is 16.3. The monoisotopic (exact) mass is 927 g/mol. The van der Waals surface area contributed by atoms with Crippen molar-refractivity contribution in [1.82, 2.24) is 0 Å². The normalized spacial score (nSPS) is 20.2. The van der Waals surface area contributed by atoms with Crippen molar-refractivity contribution in [3.05, 3.63) is 147 Å². The van der Waals surface area contributed by atoms with Gasteiger partial charge in [-0.3, -0.25) is 0 Å². The zero-order valence-electron chi connectivity index (χ0n) is 44.8. The van der Waals surface area contributed by atoms with E-state index in [1.807, 2.05) is 6.07 Å². The lowest BCUT2D eigenvalue weighted by atomic mass is 9.35. The number of hydrogen-bond donors (Lipinski definition) is 0. The SMILES string of the molecule is CC(C)(C)c1ccc(N2c3cc(C(C)(C)C)cc4c3B(c3cc5c6cc3N4c3ccc(C(C)(C)C)cc3-c3cc(F)cc(c3)C6(C)CCC5(C)C)c3oc4cc5c(cc4c32)C(C)(C)CCC5(C)C)cc1. The Bertz CT molecular complexity index is 3400. The highest BCUT2D eigenvalue weighted by atomic mass is 19.1. The Kier molecular flexibility index (Phi) is 9.19. The van der Waals surface area contributed by atoms with Crippen molar-refractivity contribution in [2.75, 3.05) is 9.80 Å². The second-order valence-electron chi connectivity index (χ2n) is 27.4. The van der Waals surface area contributed by atoms with Crippen LogP contribution in [0.5, 0.6) is 0 Å². The molecule has 1 aromatic heterocycles. The zero-order chi connectivity index (χ0) is 49.8. The Labute approximate surface area is 418 Å². The first kappa shape index (κ1) is 45.6. The molecule has 5 aliphatic rings. The number of hydrogen-bond acceptors (Lipinski definition) is 3. The number of rotatable bonds is 1. The standard InChI is InChI=1S/C65H72BFN2O/c1-59(2,3)38-17-20-43(21-18-38)68-53-31-40(61(7,8)9)32-54-56(53)66(58-57(68)45-33-46-48(36-55(45)70-58)63(12,13)24-23-62(46,10)11)50-34-47-49-35-52(50)69(54)51-22-19-39(60(4,5)6)30-44(51)37-27-41(29-42(67)28-37)65(49,16)26-25-64(47,14)15/h17-22,27-36H,23-26H2,1-16H3. The molecule has 0 amide bonds. The van der Waals surface area contributed by atoms with Crippen LogP contribution in [-0.4, -0.2) is 6.71 Å². The highest BCUT2D eigenvalue weighted by molar-refractivity contribution is 7.00. The first-order valence-electron chi connectivity index (χ1n) is 26.2. The van der Waals surface area contributed by atoms with Crippen molar-refractivity contribution in [2.24, 2.45) is 0 Å². The van der Waals surface area contributed by atoms with Crippen LogP contribution in [-0.2, 0) is 37.9 Å². The lowest BCUT2D eigenvalue weighted by Crippen LogP contribution is -2.61. The number of anilines is 6. The van der Waals surface area contributed by atoms with Crippen molar-refractivity contribution in [3.63, 3.8) is 0 Å². The molecule has 70 heavy (non-hydrogen) atoms. The Morgan fingerprint density at radius 2 is 1.09 bits per heavy atom. The Morgan fingerprint density at radius 1 is 0.514 bits per heavy atom. The summed E-state index contributed by atoms with van der Waals surface area (Å²) < 4.78 is 24.2. The molecule has 3 aliphatic heterocycles. The van der Waals surface area contributed by atoms with E-state index in [-0.39, 0.29) is 45.0 Å². The van der Waals surface area contributed by atoms with Crippen LogP contribution in [0.4, 0.5) is 38.5 Å². The summed E-state index contributed by atoms with van der Waals surface area (Å²) in [5, 5.41) is 1.18. The van der Waals surface area contributed by atoms with Gasteiger partial charge < -0.3 is 14.2 Å². The molecule has 0 saturated heterocycles. The number of fused-ring (bicyclic) bond motifs is 13. The molecule has 0 spiro atoms. The third-order valence-electron chi connectivity index (χ3n) is 18.2. The second-order valence-corrected chi connectivity index (χ2v) is 27.4. The van der Waals surface area contributed by atoms with Crippen molar-refractivity contribution < 1.29 is 8.81 Å². The molecular weight excluding hydrogens is 855 g/mol. The number of furan rings is 1. The number of nitrogens with zero attached hydrogens (tertiary/aromatic N) is 2. The van der Waals surface area contributed by atoms with Gasteiger partial charge in [0.1, 0.15) is 11.4 Å². The fourth-order valence-corrected chi connectivity index (χ4v) is 13.3. The highest BCUT2D eigenvalue weighted by Crippen LogP contribution is 2.57. The van der Waals surface area contributed by atoms with Crippen LogP contribution in [0, 0.1) is 5.82 Å². The highest BCUT2D eigenvalue weighted by Gasteiger charge is 2.51. The Balaban J connectivity index is 1.27. The molecule has 0 fully saturated rings. The number of halogens is 1. The largest absolute Gasteiger partial charge is 0.468 e. The molecule has 3 nitrogen and oxygen atoms in total. The molecule has 5 heteroatoms. The van der Waals surface area contributed by atoms with Gasteiger partial charge in [0, 0.05) is 39.1 Å². The van der Waals surface area contributed by atoms with Gasteiger partial charge in [-0.25, -0.2) is 4.39 Å². The van der Waals surface area contributed by atoms with E-state index in [0.717, 1.165) is 76.4 Å². The summed E-state index contributed by atoms with van der Waals surface area (Å²) in [6, 6.07) is 37.3. The average Bonchev–Trinajstić information content (AvgIpc) is 3.65. The molecule has 4 bridgehead atoms. The summed E-state index contributed by atoms with van der Waals surface area (Å²) in [5.41, 5.74) is 22.8. The molecule has 358 valence electrons. The average molecular weight is 927 g/mol.